The fraction of sp³-hybridized carbons (Fsp3) is 0.625. The molecule has 2 heteroatoms. The standard InChI is InChI=1S/C11H14O.C5H10.Fe/c12-11-7-5-10(6-8-11)9-3-1-2-4-9;1-2-4-5-3-1;/h5-9,12H,1-4H2;1-5H2;. The maximum Gasteiger partial charge on any atom is 0.115 e. The summed E-state index contributed by atoms with van der Waals surface area (Å²) in [4.78, 5) is 0. The first-order valence-corrected chi connectivity index (χ1v) is 7.15. The van der Waals surface area contributed by atoms with E-state index < -0.39 is 0 Å². The fourth-order valence-electron chi connectivity index (χ4n) is 2.89. The van der Waals surface area contributed by atoms with Gasteiger partial charge in [0.2, 0.25) is 0 Å². The van der Waals surface area contributed by atoms with Gasteiger partial charge in [-0.15, -0.1) is 0 Å². The second-order valence-electron chi connectivity index (χ2n) is 5.34. The Bertz CT molecular complexity index is 303. The van der Waals surface area contributed by atoms with E-state index in [1.165, 1.54) is 63.4 Å². The zero-order chi connectivity index (χ0) is 11.9. The van der Waals surface area contributed by atoms with Crippen LogP contribution in [0.5, 0.6) is 5.75 Å². The summed E-state index contributed by atoms with van der Waals surface area (Å²) in [5, 5.41) is 9.10. The molecule has 0 heterocycles. The summed E-state index contributed by atoms with van der Waals surface area (Å²) in [6.07, 6.45) is 12.9. The summed E-state index contributed by atoms with van der Waals surface area (Å²) < 4.78 is 0. The molecule has 0 unspecified atom stereocenters. The molecule has 0 radical (unpaired) electrons. The van der Waals surface area contributed by atoms with Crippen molar-refractivity contribution in [3.8, 4) is 5.75 Å². The molecule has 0 aromatic heterocycles. The molecule has 18 heavy (non-hydrogen) atoms. The number of phenols is 1. The first-order valence-electron chi connectivity index (χ1n) is 7.15. The number of hydrogen-bond donors (Lipinski definition) is 1. The molecule has 0 amide bonds. The molecule has 102 valence electrons. The van der Waals surface area contributed by atoms with Crippen LogP contribution >= 0.6 is 0 Å². The summed E-state index contributed by atoms with van der Waals surface area (Å²) >= 11 is 0. The summed E-state index contributed by atoms with van der Waals surface area (Å²) in [6.45, 7) is 0. The average Bonchev–Trinajstić information content (AvgIpc) is 3.06. The van der Waals surface area contributed by atoms with Gasteiger partial charge >= 0.3 is 0 Å². The molecule has 1 N–H and O–H groups in total. The minimum atomic E-state index is 0. The summed E-state index contributed by atoms with van der Waals surface area (Å²) in [5.41, 5.74) is 1.39. The third kappa shape index (κ3) is 5.04. The van der Waals surface area contributed by atoms with Crippen molar-refractivity contribution < 1.29 is 22.2 Å². The van der Waals surface area contributed by atoms with Crippen molar-refractivity contribution in [2.24, 2.45) is 0 Å². The zero-order valence-electron chi connectivity index (χ0n) is 11.1. The molecule has 0 aliphatic heterocycles. The van der Waals surface area contributed by atoms with Gasteiger partial charge in [-0.05, 0) is 36.5 Å². The molecule has 2 saturated carbocycles. The van der Waals surface area contributed by atoms with Gasteiger partial charge < -0.3 is 5.11 Å². The molecule has 2 aliphatic rings. The molecule has 3 rings (SSSR count). The Labute approximate surface area is 121 Å². The molecule has 2 aliphatic carbocycles. The molecular formula is C16H24FeO. The fourth-order valence-corrected chi connectivity index (χ4v) is 2.89. The van der Waals surface area contributed by atoms with Gasteiger partial charge in [0.15, 0.2) is 0 Å². The van der Waals surface area contributed by atoms with Crippen molar-refractivity contribution in [3.05, 3.63) is 29.8 Å². The first kappa shape index (κ1) is 15.6. The van der Waals surface area contributed by atoms with E-state index >= 15 is 0 Å². The summed E-state index contributed by atoms with van der Waals surface area (Å²) in [5.74, 6) is 1.13. The minimum absolute atomic E-state index is 0. The maximum absolute atomic E-state index is 9.10. The van der Waals surface area contributed by atoms with E-state index in [0.717, 1.165) is 5.92 Å². The Morgan fingerprint density at radius 2 is 1.17 bits per heavy atom. The summed E-state index contributed by atoms with van der Waals surface area (Å²) in [7, 11) is 0. The number of aromatic hydroxyl groups is 1. The van der Waals surface area contributed by atoms with E-state index in [9.17, 15) is 0 Å². The van der Waals surface area contributed by atoms with E-state index in [4.69, 9.17) is 5.11 Å². The van der Waals surface area contributed by atoms with Gasteiger partial charge in [-0.3, -0.25) is 0 Å². The van der Waals surface area contributed by atoms with Gasteiger partial charge in [0.1, 0.15) is 5.75 Å². The molecule has 0 spiro atoms. The van der Waals surface area contributed by atoms with Crippen LogP contribution < -0.4 is 0 Å². The van der Waals surface area contributed by atoms with Crippen molar-refractivity contribution in [1.82, 2.24) is 0 Å². The Kier molecular flexibility index (Phi) is 7.46. The van der Waals surface area contributed by atoms with E-state index in [0.29, 0.717) is 5.75 Å². The summed E-state index contributed by atoms with van der Waals surface area (Å²) in [6, 6.07) is 7.66. The number of phenolic OH excluding ortho intramolecular Hbond substituents is 1. The van der Waals surface area contributed by atoms with Crippen molar-refractivity contribution in [3.63, 3.8) is 0 Å². The number of hydrogen-bond acceptors (Lipinski definition) is 1. The number of benzene rings is 1. The SMILES string of the molecule is C1CCCC1.Oc1ccc(C2CCCC2)cc1.[Fe]. The maximum atomic E-state index is 9.10. The first-order chi connectivity index (χ1) is 8.36. The monoisotopic (exact) mass is 288 g/mol. The van der Waals surface area contributed by atoms with Gasteiger partial charge in [-0.25, -0.2) is 0 Å². The Morgan fingerprint density at radius 1 is 0.722 bits per heavy atom. The van der Waals surface area contributed by atoms with Crippen molar-refractivity contribution in [2.75, 3.05) is 0 Å². The quantitative estimate of drug-likeness (QED) is 0.721. The smallest absolute Gasteiger partial charge is 0.115 e. The van der Waals surface area contributed by atoms with Gasteiger partial charge in [0.25, 0.3) is 0 Å². The zero-order valence-corrected chi connectivity index (χ0v) is 12.2. The predicted octanol–water partition coefficient (Wildman–Crippen LogP) is 5.00. The molecule has 1 nitrogen and oxygen atoms in total. The van der Waals surface area contributed by atoms with Crippen molar-refractivity contribution >= 4 is 0 Å². The van der Waals surface area contributed by atoms with Crippen LogP contribution in [0.1, 0.15) is 69.3 Å². The van der Waals surface area contributed by atoms with Crippen LogP contribution in [0.2, 0.25) is 0 Å². The van der Waals surface area contributed by atoms with Crippen LogP contribution in [-0.2, 0) is 17.1 Å². The second kappa shape index (κ2) is 8.61. The molecule has 0 saturated heterocycles. The third-order valence-electron chi connectivity index (χ3n) is 3.97. The van der Waals surface area contributed by atoms with Gasteiger partial charge in [0, 0.05) is 17.1 Å². The van der Waals surface area contributed by atoms with Crippen LogP contribution in [0.15, 0.2) is 24.3 Å². The van der Waals surface area contributed by atoms with Crippen LogP contribution in [0.25, 0.3) is 0 Å². The van der Waals surface area contributed by atoms with Crippen LogP contribution in [0, 0.1) is 0 Å². The Morgan fingerprint density at radius 3 is 1.61 bits per heavy atom. The molecule has 1 aromatic carbocycles. The van der Waals surface area contributed by atoms with Crippen LogP contribution in [-0.4, -0.2) is 5.11 Å². The van der Waals surface area contributed by atoms with Crippen LogP contribution in [0.4, 0.5) is 0 Å². The second-order valence-corrected chi connectivity index (χ2v) is 5.34. The van der Waals surface area contributed by atoms with Gasteiger partial charge in [-0.1, -0.05) is 57.1 Å². The van der Waals surface area contributed by atoms with Gasteiger partial charge in [-0.2, -0.15) is 0 Å². The normalized spacial score (nSPS) is 18.9. The minimum Gasteiger partial charge on any atom is -0.508 e. The third-order valence-corrected chi connectivity index (χ3v) is 3.97. The van der Waals surface area contributed by atoms with Gasteiger partial charge in [0.05, 0.1) is 0 Å². The van der Waals surface area contributed by atoms with Crippen LogP contribution in [0.3, 0.4) is 0 Å². The van der Waals surface area contributed by atoms with E-state index in [1.54, 1.807) is 12.1 Å². The van der Waals surface area contributed by atoms with E-state index in [-0.39, 0.29) is 17.1 Å². The number of rotatable bonds is 1. The topological polar surface area (TPSA) is 20.2 Å². The Balaban J connectivity index is 0.000000230. The molecule has 2 fully saturated rings. The Hall–Kier alpha value is -0.461. The van der Waals surface area contributed by atoms with Crippen molar-refractivity contribution in [2.45, 2.75) is 63.7 Å². The molecule has 0 bridgehead atoms. The van der Waals surface area contributed by atoms with E-state index in [2.05, 4.69) is 0 Å². The molecule has 0 atom stereocenters. The average molecular weight is 288 g/mol. The predicted molar refractivity (Wildman–Crippen MR) is 72.4 cm³/mol. The van der Waals surface area contributed by atoms with Crippen molar-refractivity contribution in [1.29, 1.82) is 0 Å². The molecular weight excluding hydrogens is 264 g/mol. The van der Waals surface area contributed by atoms with E-state index in [1.807, 2.05) is 12.1 Å². The molecule has 1 aromatic rings. The largest absolute Gasteiger partial charge is 0.508 e.